The van der Waals surface area contributed by atoms with E-state index < -0.39 is 0 Å². The molecule has 1 rings (SSSR count). The number of aliphatic imine (C=N–C) groups is 1. The van der Waals surface area contributed by atoms with E-state index >= 15 is 0 Å². The smallest absolute Gasteiger partial charge is 0.0664 e. The van der Waals surface area contributed by atoms with Crippen LogP contribution in [0.25, 0.3) is 5.57 Å². The molecule has 1 nitrogen and oxygen atoms in total. The fourth-order valence-electron chi connectivity index (χ4n) is 4.84. The highest BCUT2D eigenvalue weighted by Gasteiger charge is 2.09. The molecule has 0 saturated carbocycles. The Morgan fingerprint density at radius 1 is 0.714 bits per heavy atom. The van der Waals surface area contributed by atoms with Crippen molar-refractivity contribution in [3.8, 4) is 0 Å². The fourth-order valence-corrected chi connectivity index (χ4v) is 5.91. The summed E-state index contributed by atoms with van der Waals surface area (Å²) in [5.74, 6) is 0. The van der Waals surface area contributed by atoms with E-state index in [2.05, 4.69) is 168 Å². The van der Waals surface area contributed by atoms with Crippen molar-refractivity contribution in [1.29, 1.82) is 0 Å². The van der Waals surface area contributed by atoms with Crippen LogP contribution in [0.3, 0.4) is 0 Å². The van der Waals surface area contributed by atoms with Gasteiger partial charge in [0.2, 0.25) is 0 Å². The van der Waals surface area contributed by atoms with Gasteiger partial charge in [-0.1, -0.05) is 197 Å². The molecule has 0 aromatic heterocycles. The van der Waals surface area contributed by atoms with Gasteiger partial charge in [-0.05, 0) is 160 Å². The second-order valence-electron chi connectivity index (χ2n) is 14.7. The molecule has 0 radical (unpaired) electrons. The maximum Gasteiger partial charge on any atom is 0.0664 e. The van der Waals surface area contributed by atoms with Crippen molar-refractivity contribution in [1.82, 2.24) is 0 Å². The van der Waals surface area contributed by atoms with Gasteiger partial charge in [0.15, 0.2) is 0 Å². The normalized spacial score (nSPS) is 12.6. The maximum absolute atomic E-state index is 4.85. The molecule has 0 fully saturated rings. The zero-order valence-electron chi connectivity index (χ0n) is 42.8. The van der Waals surface area contributed by atoms with Gasteiger partial charge in [0.25, 0.3) is 0 Å². The van der Waals surface area contributed by atoms with E-state index in [0.29, 0.717) is 0 Å². The first kappa shape index (κ1) is 64.4. The van der Waals surface area contributed by atoms with E-state index in [1.807, 2.05) is 103 Å². The van der Waals surface area contributed by atoms with Crippen LogP contribution in [-0.2, 0) is 0 Å². The second kappa shape index (κ2) is 44.9. The standard InChI is InChI=1S/C25H38S.C24H29N.C5H8.C4H8.C3H6/c1-8-12-15-16-20-24(21(5)6)25(19-14-10-3)22(7)26-23(17-11-4)18-13-9-2;1-8-11-23(12-9-2)21(7)25-24(19(5)10-3)17-20(6)22-15-13-18(4)14-16-22;1-3-5-4-2;1-4(2)3;1-3-2/h8,13-19H,1,9-12,20H2,2-7H3;8-17H,1,6H2,2-5,7H3;3-5H,1H2,2H3;1H2,2-3H3;3H,1H2,2H3/b16-15-,18-13-,19-14-,23-17+,25-22-;12-9-,19-10+,23-11+,24-17-,25-21-;5-4-;;. The van der Waals surface area contributed by atoms with Crippen molar-refractivity contribution in [2.45, 2.75) is 136 Å². The molecule has 0 aliphatic heterocycles. The van der Waals surface area contributed by atoms with E-state index in [4.69, 9.17) is 4.99 Å². The van der Waals surface area contributed by atoms with Crippen LogP contribution in [0, 0.1) is 6.92 Å². The van der Waals surface area contributed by atoms with Crippen LogP contribution in [-0.4, -0.2) is 5.71 Å². The SMILES string of the molecule is C=C(C)C.C=C/C=C(\C=C/C)C(/C)=N\C(=C/C(=C)c1ccc(C)cc1)C(\C)=C\C.C=C/C=C\C.C=CC.C=CC/C=C\CC(=C(C)C)C(/C=C\CC)=C(/C)SC(/C=C\CC)=C/CC. The quantitative estimate of drug-likeness (QED) is 0.0723. The Balaban J connectivity index is -0.000000439. The molecule has 0 aliphatic rings. The summed E-state index contributed by atoms with van der Waals surface area (Å²) in [5.41, 5.74) is 12.7. The lowest BCUT2D eigenvalue weighted by molar-refractivity contribution is 1.14. The third-order valence-corrected chi connectivity index (χ3v) is 9.13. The summed E-state index contributed by atoms with van der Waals surface area (Å²) >= 11 is 1.89. The number of benzene rings is 1. The Kier molecular flexibility index (Phi) is 45.9. The maximum atomic E-state index is 4.85. The zero-order valence-corrected chi connectivity index (χ0v) is 43.7. The molecule has 1 aromatic rings. The average Bonchev–Trinajstić information content (AvgIpc) is 3.24. The fraction of sp³-hybridized carbons (Fsp3) is 0.328. The van der Waals surface area contributed by atoms with E-state index in [9.17, 15) is 0 Å². The first-order valence-corrected chi connectivity index (χ1v) is 23.2. The third kappa shape index (κ3) is 37.1. The van der Waals surface area contributed by atoms with Crippen molar-refractivity contribution in [3.63, 3.8) is 0 Å². The Morgan fingerprint density at radius 2 is 1.29 bits per heavy atom. The van der Waals surface area contributed by atoms with Gasteiger partial charge in [0.1, 0.15) is 0 Å². The van der Waals surface area contributed by atoms with Gasteiger partial charge in [-0.3, -0.25) is 4.99 Å². The Bertz CT molecular complexity index is 1870. The summed E-state index contributed by atoms with van der Waals surface area (Å²) < 4.78 is 0. The summed E-state index contributed by atoms with van der Waals surface area (Å²) in [4.78, 5) is 7.55. The van der Waals surface area contributed by atoms with Gasteiger partial charge < -0.3 is 0 Å². The van der Waals surface area contributed by atoms with Crippen LogP contribution in [0.2, 0.25) is 0 Å². The highest BCUT2D eigenvalue weighted by molar-refractivity contribution is 8.06. The van der Waals surface area contributed by atoms with Crippen molar-refractivity contribution in [2.24, 2.45) is 4.99 Å². The first-order chi connectivity index (χ1) is 30.0. The molecule has 0 heterocycles. The van der Waals surface area contributed by atoms with Gasteiger partial charge in [0, 0.05) is 10.6 Å². The number of hydrogen-bond donors (Lipinski definition) is 0. The van der Waals surface area contributed by atoms with Gasteiger partial charge in [-0.15, -0.1) is 19.7 Å². The average molecular weight is 868 g/mol. The lowest BCUT2D eigenvalue weighted by Gasteiger charge is -2.14. The number of rotatable bonds is 20. The lowest BCUT2D eigenvalue weighted by Crippen LogP contribution is -1.97. The highest BCUT2D eigenvalue weighted by Crippen LogP contribution is 2.34. The monoisotopic (exact) mass is 868 g/mol. The molecule has 0 bridgehead atoms. The lowest BCUT2D eigenvalue weighted by atomic mass is 9.97. The summed E-state index contributed by atoms with van der Waals surface area (Å²) in [7, 11) is 0. The zero-order chi connectivity index (χ0) is 49.0. The molecule has 0 N–H and O–H groups in total. The minimum atomic E-state index is 0.921. The van der Waals surface area contributed by atoms with Crippen LogP contribution in [0.15, 0.2) is 227 Å². The summed E-state index contributed by atoms with van der Waals surface area (Å²) in [6, 6.07) is 8.39. The summed E-state index contributed by atoms with van der Waals surface area (Å²) in [6.45, 7) is 53.4. The van der Waals surface area contributed by atoms with Crippen molar-refractivity contribution in [3.05, 3.63) is 233 Å². The predicted octanol–water partition coefficient (Wildman–Crippen LogP) is 20.6. The number of allylic oxidation sites excluding steroid dienone is 26. The Hall–Kier alpha value is -5.18. The van der Waals surface area contributed by atoms with Crippen LogP contribution in [0.1, 0.15) is 140 Å². The van der Waals surface area contributed by atoms with E-state index in [0.717, 1.165) is 65.8 Å². The molecule has 0 amide bonds. The molecule has 0 spiro atoms. The molecule has 0 unspecified atom stereocenters. The number of nitrogens with zero attached hydrogens (tertiary/aromatic N) is 1. The van der Waals surface area contributed by atoms with Crippen LogP contribution < -0.4 is 0 Å². The summed E-state index contributed by atoms with van der Waals surface area (Å²) in [5, 5.41) is 0. The first-order valence-electron chi connectivity index (χ1n) is 22.4. The topological polar surface area (TPSA) is 12.4 Å². The molecule has 0 saturated heterocycles. The minimum Gasteiger partial charge on any atom is -0.253 e. The largest absolute Gasteiger partial charge is 0.253 e. The number of aryl methyl sites for hydroxylation is 1. The predicted molar refractivity (Wildman–Crippen MR) is 300 cm³/mol. The molecule has 2 heteroatoms. The van der Waals surface area contributed by atoms with Crippen molar-refractivity contribution >= 4 is 23.0 Å². The number of hydrogen-bond acceptors (Lipinski definition) is 2. The molecule has 344 valence electrons. The Morgan fingerprint density at radius 3 is 1.71 bits per heavy atom. The molecule has 0 aliphatic carbocycles. The second-order valence-corrected chi connectivity index (χ2v) is 16.0. The summed E-state index contributed by atoms with van der Waals surface area (Å²) in [6.07, 6.45) is 42.1. The van der Waals surface area contributed by atoms with Gasteiger partial charge in [0.05, 0.1) is 5.70 Å². The minimum absolute atomic E-state index is 0.921. The Labute approximate surface area is 395 Å². The van der Waals surface area contributed by atoms with Crippen LogP contribution in [0.4, 0.5) is 0 Å². The number of thioether (sulfide) groups is 1. The van der Waals surface area contributed by atoms with Crippen molar-refractivity contribution < 1.29 is 0 Å². The highest BCUT2D eigenvalue weighted by atomic mass is 32.2. The van der Waals surface area contributed by atoms with Crippen molar-refractivity contribution in [2.75, 3.05) is 0 Å². The molecule has 1 aromatic carbocycles. The van der Waals surface area contributed by atoms with Gasteiger partial charge in [-0.2, -0.15) is 0 Å². The van der Waals surface area contributed by atoms with E-state index in [-0.39, 0.29) is 0 Å². The van der Waals surface area contributed by atoms with E-state index in [1.54, 1.807) is 18.2 Å². The van der Waals surface area contributed by atoms with Crippen LogP contribution >= 0.6 is 11.8 Å². The molecular formula is C61H89NS. The molecular weight excluding hydrogens is 779 g/mol. The molecule has 0 atom stereocenters. The third-order valence-electron chi connectivity index (χ3n) is 8.06. The van der Waals surface area contributed by atoms with Gasteiger partial charge >= 0.3 is 0 Å². The molecule has 63 heavy (non-hydrogen) atoms. The van der Waals surface area contributed by atoms with Crippen LogP contribution in [0.5, 0.6) is 0 Å². The van der Waals surface area contributed by atoms with Gasteiger partial charge in [-0.25, -0.2) is 0 Å². The van der Waals surface area contributed by atoms with E-state index in [1.165, 1.54) is 37.7 Å².